The molecule has 2 heterocycles. The van der Waals surface area contributed by atoms with Crippen LogP contribution in [-0.4, -0.2) is 26.7 Å². The van der Waals surface area contributed by atoms with Gasteiger partial charge < -0.3 is 10.8 Å². The van der Waals surface area contributed by atoms with Crippen LogP contribution in [0.3, 0.4) is 0 Å². The third kappa shape index (κ3) is 2.13. The van der Waals surface area contributed by atoms with E-state index in [9.17, 15) is 0 Å². The van der Waals surface area contributed by atoms with Gasteiger partial charge in [0.05, 0.1) is 4.88 Å². The van der Waals surface area contributed by atoms with Crippen molar-refractivity contribution in [2.75, 3.05) is 6.61 Å². The van der Waals surface area contributed by atoms with Crippen LogP contribution in [0, 0.1) is 0 Å². The van der Waals surface area contributed by atoms with Gasteiger partial charge in [-0.1, -0.05) is 11.3 Å². The van der Waals surface area contributed by atoms with E-state index in [1.54, 1.807) is 11.3 Å². The lowest BCUT2D eigenvalue weighted by molar-refractivity contribution is 0.276. The molecule has 0 radical (unpaired) electrons. The van der Waals surface area contributed by atoms with Gasteiger partial charge in [0.15, 0.2) is 0 Å². The van der Waals surface area contributed by atoms with E-state index in [4.69, 9.17) is 10.8 Å². The highest BCUT2D eigenvalue weighted by Gasteiger charge is 2.14. The summed E-state index contributed by atoms with van der Waals surface area (Å²) < 4.78 is 1.81. The van der Waals surface area contributed by atoms with Crippen molar-refractivity contribution in [1.29, 1.82) is 0 Å². The number of nitrogens with zero attached hydrogens (tertiary/aromatic N) is 3. The maximum Gasteiger partial charge on any atom is 0.105 e. The monoisotopic (exact) mass is 238 g/mol. The summed E-state index contributed by atoms with van der Waals surface area (Å²) in [5, 5.41) is 19.0. The second-order valence-electron chi connectivity index (χ2n) is 3.37. The van der Waals surface area contributed by atoms with Crippen molar-refractivity contribution >= 4 is 11.3 Å². The molecule has 0 aliphatic heterocycles. The Labute approximate surface area is 97.5 Å². The van der Waals surface area contributed by atoms with Crippen molar-refractivity contribution in [2.24, 2.45) is 5.73 Å². The van der Waals surface area contributed by atoms with Crippen LogP contribution < -0.4 is 5.73 Å². The molecule has 0 aromatic carbocycles. The largest absolute Gasteiger partial charge is 0.396 e. The first-order valence-corrected chi connectivity index (χ1v) is 6.02. The molecule has 5 nitrogen and oxygen atoms in total. The van der Waals surface area contributed by atoms with E-state index in [1.807, 2.05) is 22.2 Å². The van der Waals surface area contributed by atoms with Crippen molar-refractivity contribution in [3.63, 3.8) is 0 Å². The molecule has 0 saturated heterocycles. The fraction of sp³-hybridized carbons (Fsp3) is 0.400. The summed E-state index contributed by atoms with van der Waals surface area (Å²) in [6.45, 7) is 1.20. The van der Waals surface area contributed by atoms with Crippen LogP contribution in [0.5, 0.6) is 0 Å². The molecule has 0 aliphatic rings. The molecule has 0 amide bonds. The van der Waals surface area contributed by atoms with Crippen molar-refractivity contribution in [3.8, 4) is 10.6 Å². The van der Waals surface area contributed by atoms with Crippen molar-refractivity contribution in [1.82, 2.24) is 15.0 Å². The first-order valence-electron chi connectivity index (χ1n) is 5.14. The first-order chi connectivity index (χ1) is 7.86. The highest BCUT2D eigenvalue weighted by atomic mass is 32.1. The zero-order valence-electron chi connectivity index (χ0n) is 8.83. The first kappa shape index (κ1) is 11.3. The van der Waals surface area contributed by atoms with Crippen LogP contribution in [-0.2, 0) is 13.1 Å². The quantitative estimate of drug-likeness (QED) is 0.809. The van der Waals surface area contributed by atoms with E-state index in [2.05, 4.69) is 10.3 Å². The van der Waals surface area contributed by atoms with E-state index in [1.165, 1.54) is 0 Å². The summed E-state index contributed by atoms with van der Waals surface area (Å²) >= 11 is 1.64. The predicted octanol–water partition coefficient (Wildman–Crippen LogP) is 0.848. The van der Waals surface area contributed by atoms with E-state index in [0.717, 1.165) is 16.3 Å². The molecule has 2 aromatic rings. The van der Waals surface area contributed by atoms with Gasteiger partial charge in [0, 0.05) is 19.7 Å². The molecule has 2 aromatic heterocycles. The highest BCUT2D eigenvalue weighted by molar-refractivity contribution is 7.13. The lowest BCUT2D eigenvalue weighted by Gasteiger charge is -2.04. The second kappa shape index (κ2) is 5.20. The Bertz CT molecular complexity index is 438. The summed E-state index contributed by atoms with van der Waals surface area (Å²) in [5.74, 6) is 0. The Morgan fingerprint density at radius 2 is 2.38 bits per heavy atom. The van der Waals surface area contributed by atoms with E-state index in [-0.39, 0.29) is 6.61 Å². The zero-order valence-corrected chi connectivity index (χ0v) is 9.65. The number of nitrogens with two attached hydrogens (primary N) is 1. The van der Waals surface area contributed by atoms with Crippen LogP contribution in [0.1, 0.15) is 12.1 Å². The maximum atomic E-state index is 8.83. The predicted molar refractivity (Wildman–Crippen MR) is 62.9 cm³/mol. The summed E-state index contributed by atoms with van der Waals surface area (Å²) in [4.78, 5) is 1.11. The molecule has 0 aliphatic carbocycles. The van der Waals surface area contributed by atoms with E-state index < -0.39 is 0 Å². The third-order valence-corrected chi connectivity index (χ3v) is 3.16. The minimum absolute atomic E-state index is 0.154. The molecule has 0 spiro atoms. The Balaban J connectivity index is 2.35. The lowest BCUT2D eigenvalue weighted by atomic mass is 10.2. The normalized spacial score (nSPS) is 10.9. The fourth-order valence-corrected chi connectivity index (χ4v) is 2.34. The topological polar surface area (TPSA) is 77.0 Å². The van der Waals surface area contributed by atoms with Crippen LogP contribution in [0.4, 0.5) is 0 Å². The number of aliphatic hydroxyl groups is 1. The molecule has 0 unspecified atom stereocenters. The maximum absolute atomic E-state index is 8.83. The van der Waals surface area contributed by atoms with Gasteiger partial charge in [0.25, 0.3) is 0 Å². The van der Waals surface area contributed by atoms with Gasteiger partial charge in [-0.15, -0.1) is 16.4 Å². The van der Waals surface area contributed by atoms with Crippen LogP contribution in [0.15, 0.2) is 17.5 Å². The summed E-state index contributed by atoms with van der Waals surface area (Å²) in [6, 6.07) is 4.02. The smallest absolute Gasteiger partial charge is 0.105 e. The average molecular weight is 238 g/mol. The van der Waals surface area contributed by atoms with Gasteiger partial charge in [0.2, 0.25) is 0 Å². The van der Waals surface area contributed by atoms with Crippen molar-refractivity contribution in [2.45, 2.75) is 19.5 Å². The fourth-order valence-electron chi connectivity index (χ4n) is 1.55. The Morgan fingerprint density at radius 1 is 1.50 bits per heavy atom. The number of rotatable bonds is 5. The number of thiophene rings is 1. The number of aryl methyl sites for hydroxylation is 1. The van der Waals surface area contributed by atoms with Gasteiger partial charge in [0.1, 0.15) is 11.4 Å². The molecule has 0 atom stereocenters. The Kier molecular flexibility index (Phi) is 3.66. The SMILES string of the molecule is NCc1nnn(CCCO)c1-c1cccs1. The van der Waals surface area contributed by atoms with Crippen LogP contribution in [0.2, 0.25) is 0 Å². The number of aromatic nitrogens is 3. The second-order valence-corrected chi connectivity index (χ2v) is 4.31. The lowest BCUT2D eigenvalue weighted by Crippen LogP contribution is -2.05. The summed E-state index contributed by atoms with van der Waals surface area (Å²) in [5.41, 5.74) is 7.42. The number of hydrogen-bond donors (Lipinski definition) is 2. The summed E-state index contributed by atoms with van der Waals surface area (Å²) in [6.07, 6.45) is 0.672. The Hall–Kier alpha value is -1.24. The van der Waals surface area contributed by atoms with Crippen LogP contribution in [0.25, 0.3) is 10.6 Å². The zero-order chi connectivity index (χ0) is 11.4. The van der Waals surface area contributed by atoms with E-state index in [0.29, 0.717) is 19.5 Å². The minimum Gasteiger partial charge on any atom is -0.396 e. The molecule has 3 N–H and O–H groups in total. The van der Waals surface area contributed by atoms with Gasteiger partial charge >= 0.3 is 0 Å². The molecule has 0 fully saturated rings. The molecular formula is C10H14N4OS. The molecule has 86 valence electrons. The molecular weight excluding hydrogens is 224 g/mol. The van der Waals surface area contributed by atoms with Gasteiger partial charge in [-0.2, -0.15) is 0 Å². The minimum atomic E-state index is 0.154. The number of hydrogen-bond acceptors (Lipinski definition) is 5. The van der Waals surface area contributed by atoms with Gasteiger partial charge in [-0.3, -0.25) is 0 Å². The molecule has 16 heavy (non-hydrogen) atoms. The average Bonchev–Trinajstić information content (AvgIpc) is 2.94. The van der Waals surface area contributed by atoms with Crippen molar-refractivity contribution in [3.05, 3.63) is 23.2 Å². The number of aliphatic hydroxyl groups excluding tert-OH is 1. The molecule has 6 heteroatoms. The van der Waals surface area contributed by atoms with Gasteiger partial charge in [-0.05, 0) is 17.9 Å². The van der Waals surface area contributed by atoms with Crippen molar-refractivity contribution < 1.29 is 5.11 Å². The third-order valence-electron chi connectivity index (χ3n) is 2.28. The molecule has 0 saturated carbocycles. The highest BCUT2D eigenvalue weighted by Crippen LogP contribution is 2.26. The molecule has 0 bridgehead atoms. The van der Waals surface area contributed by atoms with Crippen LogP contribution >= 0.6 is 11.3 Å². The Morgan fingerprint density at radius 3 is 3.00 bits per heavy atom. The standard InChI is InChI=1S/C10H14N4OS/c11-7-8-10(9-3-1-6-16-9)14(13-12-8)4-2-5-15/h1,3,6,15H,2,4-5,7,11H2. The molecule has 2 rings (SSSR count). The van der Waals surface area contributed by atoms with Gasteiger partial charge in [-0.25, -0.2) is 4.68 Å². The summed E-state index contributed by atoms with van der Waals surface area (Å²) in [7, 11) is 0. The van der Waals surface area contributed by atoms with E-state index >= 15 is 0 Å².